The van der Waals surface area contributed by atoms with Gasteiger partial charge >= 0.3 is 0 Å². The van der Waals surface area contributed by atoms with Crippen molar-refractivity contribution < 1.29 is 4.74 Å². The van der Waals surface area contributed by atoms with E-state index in [4.69, 9.17) is 16.3 Å². The van der Waals surface area contributed by atoms with Crippen LogP contribution in [0.1, 0.15) is 24.7 Å². The average molecular weight is 277 g/mol. The maximum absolute atomic E-state index is 6.19. The zero-order valence-corrected chi connectivity index (χ0v) is 12.2. The van der Waals surface area contributed by atoms with Crippen molar-refractivity contribution in [2.75, 3.05) is 7.11 Å². The molecular formula is C15H17ClN2O. The molecule has 1 aromatic carbocycles. The maximum Gasteiger partial charge on any atom is 0.136 e. The molecule has 1 aromatic heterocycles. The van der Waals surface area contributed by atoms with E-state index in [1.165, 1.54) is 0 Å². The number of aryl methyl sites for hydroxylation is 1. The molecule has 0 saturated carbocycles. The van der Waals surface area contributed by atoms with Crippen molar-refractivity contribution in [3.63, 3.8) is 0 Å². The van der Waals surface area contributed by atoms with Gasteiger partial charge in [-0.1, -0.05) is 18.5 Å². The van der Waals surface area contributed by atoms with Gasteiger partial charge in [-0.2, -0.15) is 0 Å². The van der Waals surface area contributed by atoms with Crippen molar-refractivity contribution in [3.8, 4) is 17.0 Å². The Balaban J connectivity index is 2.47. The molecule has 0 spiro atoms. The van der Waals surface area contributed by atoms with Gasteiger partial charge in [0.2, 0.25) is 0 Å². The van der Waals surface area contributed by atoms with Crippen LogP contribution in [0.2, 0.25) is 5.15 Å². The normalized spacial score (nSPS) is 10.5. The summed E-state index contributed by atoms with van der Waals surface area (Å²) in [5.74, 6) is 1.62. The van der Waals surface area contributed by atoms with Gasteiger partial charge in [0.1, 0.15) is 16.7 Å². The number of benzene rings is 1. The van der Waals surface area contributed by atoms with Gasteiger partial charge in [0, 0.05) is 17.5 Å². The first-order chi connectivity index (χ1) is 9.15. The fourth-order valence-electron chi connectivity index (χ4n) is 1.90. The highest BCUT2D eigenvalue weighted by molar-refractivity contribution is 6.30. The first-order valence-electron chi connectivity index (χ1n) is 6.33. The summed E-state index contributed by atoms with van der Waals surface area (Å²) in [6, 6.07) is 7.81. The minimum absolute atomic E-state index is 0.532. The third-order valence-corrected chi connectivity index (χ3v) is 3.34. The van der Waals surface area contributed by atoms with Crippen LogP contribution in [-0.4, -0.2) is 17.1 Å². The molecular weight excluding hydrogens is 260 g/mol. The second-order valence-electron chi connectivity index (χ2n) is 4.38. The van der Waals surface area contributed by atoms with E-state index in [1.807, 2.05) is 31.2 Å². The van der Waals surface area contributed by atoms with Gasteiger partial charge in [-0.3, -0.25) is 0 Å². The smallest absolute Gasteiger partial charge is 0.136 e. The van der Waals surface area contributed by atoms with Crippen molar-refractivity contribution >= 4 is 11.6 Å². The van der Waals surface area contributed by atoms with Gasteiger partial charge in [-0.25, -0.2) is 9.97 Å². The largest absolute Gasteiger partial charge is 0.497 e. The number of aromatic nitrogens is 2. The van der Waals surface area contributed by atoms with Gasteiger partial charge in [-0.15, -0.1) is 0 Å². The zero-order valence-electron chi connectivity index (χ0n) is 11.4. The summed E-state index contributed by atoms with van der Waals surface area (Å²) in [7, 11) is 1.65. The molecule has 0 aliphatic carbocycles. The molecule has 100 valence electrons. The molecule has 0 radical (unpaired) electrons. The molecule has 0 bridgehead atoms. The molecule has 0 saturated heterocycles. The molecule has 0 fully saturated rings. The number of nitrogens with zero attached hydrogens (tertiary/aromatic N) is 2. The van der Waals surface area contributed by atoms with Crippen molar-refractivity contribution in [1.82, 2.24) is 9.97 Å². The van der Waals surface area contributed by atoms with Crippen LogP contribution in [-0.2, 0) is 6.42 Å². The minimum atomic E-state index is 0.532. The van der Waals surface area contributed by atoms with E-state index >= 15 is 0 Å². The summed E-state index contributed by atoms with van der Waals surface area (Å²) < 4.78 is 5.16. The number of hydrogen-bond acceptors (Lipinski definition) is 3. The Kier molecular flexibility index (Phi) is 4.38. The van der Waals surface area contributed by atoms with Crippen molar-refractivity contribution in [3.05, 3.63) is 40.8 Å². The van der Waals surface area contributed by atoms with Gasteiger partial charge in [-0.05, 0) is 37.6 Å². The summed E-state index contributed by atoms with van der Waals surface area (Å²) in [5.41, 5.74) is 2.83. The van der Waals surface area contributed by atoms with Gasteiger partial charge in [0.15, 0.2) is 0 Å². The first-order valence-corrected chi connectivity index (χ1v) is 6.71. The Morgan fingerprint density at radius 3 is 2.42 bits per heavy atom. The third kappa shape index (κ3) is 3.04. The van der Waals surface area contributed by atoms with Crippen LogP contribution in [0.3, 0.4) is 0 Å². The van der Waals surface area contributed by atoms with E-state index < -0.39 is 0 Å². The van der Waals surface area contributed by atoms with Gasteiger partial charge in [0.25, 0.3) is 0 Å². The van der Waals surface area contributed by atoms with Crippen LogP contribution in [0.15, 0.2) is 24.3 Å². The van der Waals surface area contributed by atoms with Crippen molar-refractivity contribution in [2.24, 2.45) is 0 Å². The highest BCUT2D eigenvalue weighted by Gasteiger charge is 2.11. The summed E-state index contributed by atoms with van der Waals surface area (Å²) in [5, 5.41) is 0.532. The quantitative estimate of drug-likeness (QED) is 0.790. The van der Waals surface area contributed by atoms with Gasteiger partial charge < -0.3 is 4.74 Å². The molecule has 0 unspecified atom stereocenters. The number of hydrogen-bond donors (Lipinski definition) is 0. The van der Waals surface area contributed by atoms with E-state index in [0.29, 0.717) is 5.15 Å². The maximum atomic E-state index is 6.19. The van der Waals surface area contributed by atoms with Crippen molar-refractivity contribution in [1.29, 1.82) is 0 Å². The van der Waals surface area contributed by atoms with Crippen molar-refractivity contribution in [2.45, 2.75) is 26.7 Å². The number of halogens is 1. The Morgan fingerprint density at radius 2 is 1.84 bits per heavy atom. The molecule has 19 heavy (non-hydrogen) atoms. The molecule has 2 rings (SSSR count). The highest BCUT2D eigenvalue weighted by atomic mass is 35.5. The van der Waals surface area contributed by atoms with E-state index in [1.54, 1.807) is 7.11 Å². The number of methoxy groups -OCH3 is 1. The molecule has 0 N–H and O–H groups in total. The summed E-state index contributed by atoms with van der Waals surface area (Å²) >= 11 is 6.19. The third-order valence-electron chi connectivity index (χ3n) is 2.97. The average Bonchev–Trinajstić information content (AvgIpc) is 2.43. The highest BCUT2D eigenvalue weighted by Crippen LogP contribution is 2.27. The lowest BCUT2D eigenvalue weighted by Crippen LogP contribution is -2.00. The number of ether oxygens (including phenoxy) is 1. The van der Waals surface area contributed by atoms with Crippen LogP contribution < -0.4 is 4.74 Å². The molecule has 0 atom stereocenters. The Hall–Kier alpha value is -1.61. The van der Waals surface area contributed by atoms with Gasteiger partial charge in [0.05, 0.1) is 12.8 Å². The Morgan fingerprint density at radius 1 is 1.16 bits per heavy atom. The lowest BCUT2D eigenvalue weighted by Gasteiger charge is -2.09. The lowest BCUT2D eigenvalue weighted by molar-refractivity contribution is 0.415. The van der Waals surface area contributed by atoms with Crippen LogP contribution in [0.25, 0.3) is 11.3 Å². The molecule has 4 heteroatoms. The topological polar surface area (TPSA) is 35.0 Å². The molecule has 3 nitrogen and oxygen atoms in total. The Labute approximate surface area is 118 Å². The molecule has 2 aromatic rings. The van der Waals surface area contributed by atoms with Crippen LogP contribution in [0, 0.1) is 6.92 Å². The second kappa shape index (κ2) is 6.02. The van der Waals surface area contributed by atoms with E-state index in [2.05, 4.69) is 16.9 Å². The minimum Gasteiger partial charge on any atom is -0.497 e. The molecule has 0 aliphatic rings. The van der Waals surface area contributed by atoms with Crippen LogP contribution in [0.5, 0.6) is 5.75 Å². The SMILES string of the molecule is CCCc1nc(Cl)c(C)c(-c2ccc(OC)cc2)n1. The second-order valence-corrected chi connectivity index (χ2v) is 4.74. The summed E-state index contributed by atoms with van der Waals surface area (Å²) in [6.07, 6.45) is 1.84. The number of rotatable bonds is 4. The van der Waals surface area contributed by atoms with E-state index in [-0.39, 0.29) is 0 Å². The molecule has 0 amide bonds. The lowest BCUT2D eigenvalue weighted by atomic mass is 10.1. The van der Waals surface area contributed by atoms with E-state index in [0.717, 1.165) is 41.2 Å². The van der Waals surface area contributed by atoms with Crippen LogP contribution >= 0.6 is 11.6 Å². The first kappa shape index (κ1) is 13.8. The Bertz CT molecular complexity index is 567. The summed E-state index contributed by atoms with van der Waals surface area (Å²) in [6.45, 7) is 4.04. The summed E-state index contributed by atoms with van der Waals surface area (Å²) in [4.78, 5) is 8.92. The monoisotopic (exact) mass is 276 g/mol. The standard InChI is InChI=1S/C15H17ClN2O/c1-4-5-13-17-14(10(2)15(16)18-13)11-6-8-12(19-3)9-7-11/h6-9H,4-5H2,1-3H3. The fraction of sp³-hybridized carbons (Fsp3) is 0.333. The van der Waals surface area contributed by atoms with Crippen LogP contribution in [0.4, 0.5) is 0 Å². The molecule has 0 aliphatic heterocycles. The van der Waals surface area contributed by atoms with E-state index in [9.17, 15) is 0 Å². The predicted octanol–water partition coefficient (Wildman–Crippen LogP) is 4.07. The zero-order chi connectivity index (χ0) is 13.8. The molecule has 1 heterocycles. The predicted molar refractivity (Wildman–Crippen MR) is 77.8 cm³/mol. The fourth-order valence-corrected chi connectivity index (χ4v) is 2.09.